The number of benzene rings is 2. The van der Waals surface area contributed by atoms with E-state index >= 15 is 8.78 Å². The Morgan fingerprint density at radius 3 is 2.48 bits per heavy atom. The predicted octanol–water partition coefficient (Wildman–Crippen LogP) is 3.88. The van der Waals surface area contributed by atoms with Gasteiger partial charge in [0.05, 0.1) is 30.2 Å². The number of carbonyl (C=O) groups excluding carboxylic acids is 1. The highest BCUT2D eigenvalue weighted by Crippen LogP contribution is 2.31. The molecular weight excluding hydrogens is 574 g/mol. The van der Waals surface area contributed by atoms with E-state index in [1.54, 1.807) is 43.1 Å². The maximum absolute atomic E-state index is 15.8. The maximum atomic E-state index is 15.8. The third kappa shape index (κ3) is 7.19. The molecule has 2 atom stereocenters. The molecule has 0 spiro atoms. The summed E-state index contributed by atoms with van der Waals surface area (Å²) < 4.78 is 38.3. The lowest BCUT2D eigenvalue weighted by Crippen LogP contribution is -2.52. The number of carbonyl (C=O) groups is 2. The second kappa shape index (κ2) is 14.2. The number of carboxylic acid groups (broad SMARTS) is 1. The van der Waals surface area contributed by atoms with Gasteiger partial charge in [0.15, 0.2) is 5.82 Å². The number of halogens is 2. The molecule has 1 aliphatic heterocycles. The summed E-state index contributed by atoms with van der Waals surface area (Å²) in [5.41, 5.74) is -1.03. The van der Waals surface area contributed by atoms with Crippen LogP contribution >= 0.6 is 0 Å². The van der Waals surface area contributed by atoms with Gasteiger partial charge in [0.2, 0.25) is 11.3 Å². The molecule has 2 N–H and O–H groups in total. The number of piperazine rings is 1. The molecule has 0 bridgehead atoms. The Morgan fingerprint density at radius 1 is 1.16 bits per heavy atom. The van der Waals surface area contributed by atoms with Crippen LogP contribution in [-0.4, -0.2) is 88.9 Å². The van der Waals surface area contributed by atoms with Crippen LogP contribution in [0.3, 0.4) is 0 Å². The topological polar surface area (TPSA) is 116 Å². The lowest BCUT2D eigenvalue weighted by atomic mass is 10.1. The summed E-state index contributed by atoms with van der Waals surface area (Å²) in [5, 5.41) is 19.4. The second-order valence-electron chi connectivity index (χ2n) is 11.3. The lowest BCUT2D eigenvalue weighted by molar-refractivity contribution is -0.128. The number of likely N-dealkylation sites (N-methyl/N-ethyl adjacent to an activating group) is 1. The molecule has 1 aromatic heterocycles. The number of unbranched alkanes of at least 4 members (excludes halogenated alkanes) is 1. The molecule has 1 amide bonds. The quantitative estimate of drug-likeness (QED) is 0.296. The van der Waals surface area contributed by atoms with Crippen LogP contribution in [0.1, 0.15) is 55.6 Å². The van der Waals surface area contributed by atoms with Crippen LogP contribution in [0, 0.1) is 11.6 Å². The number of nitrogens with zero attached hydrogens (tertiary/aromatic N) is 4. The predicted molar refractivity (Wildman–Crippen MR) is 163 cm³/mol. The normalized spacial score (nSPS) is 16.2. The monoisotopic (exact) mass is 614 g/mol. The highest BCUT2D eigenvalue weighted by atomic mass is 19.1. The zero-order valence-electron chi connectivity index (χ0n) is 25.6. The molecular formula is C32H40F2N4O6. The van der Waals surface area contributed by atoms with Crippen LogP contribution in [0.15, 0.2) is 41.3 Å². The van der Waals surface area contributed by atoms with Crippen molar-refractivity contribution < 1.29 is 33.3 Å². The number of aliphatic hydroxyl groups excluding tert-OH is 1. The van der Waals surface area contributed by atoms with Crippen molar-refractivity contribution in [1.82, 2.24) is 14.4 Å². The molecule has 1 fully saturated rings. The minimum absolute atomic E-state index is 0.0166. The van der Waals surface area contributed by atoms with Gasteiger partial charge in [0.25, 0.3) is 0 Å². The number of carboxylic acids is 1. The lowest BCUT2D eigenvalue weighted by Gasteiger charge is -2.41. The summed E-state index contributed by atoms with van der Waals surface area (Å²) in [6.45, 7) is 8.27. The van der Waals surface area contributed by atoms with Gasteiger partial charge in [0.1, 0.15) is 22.8 Å². The third-order valence-corrected chi connectivity index (χ3v) is 8.24. The number of hydrogen-bond acceptors (Lipinski definition) is 7. The molecule has 238 valence electrons. The van der Waals surface area contributed by atoms with Crippen molar-refractivity contribution in [2.75, 3.05) is 51.3 Å². The Labute approximate surface area is 255 Å². The Hall–Kier alpha value is -4.03. The number of aromatic carboxylic acids is 1. The Morgan fingerprint density at radius 2 is 1.86 bits per heavy atom. The summed E-state index contributed by atoms with van der Waals surface area (Å²) in [5.74, 6) is -2.62. The molecule has 1 saturated heterocycles. The molecule has 44 heavy (non-hydrogen) atoms. The summed E-state index contributed by atoms with van der Waals surface area (Å²) in [7, 11) is 1.64. The molecule has 2 heterocycles. The van der Waals surface area contributed by atoms with Gasteiger partial charge in [-0.25, -0.2) is 13.6 Å². The fraction of sp³-hybridized carbons (Fsp3) is 0.469. The van der Waals surface area contributed by atoms with Crippen LogP contribution in [0.25, 0.3) is 10.9 Å². The maximum Gasteiger partial charge on any atom is 0.341 e. The number of fused-ring (bicyclic) bond motifs is 1. The number of amides is 1. The molecule has 0 radical (unpaired) electrons. The number of aromatic nitrogens is 1. The molecule has 12 heteroatoms. The Balaban J connectivity index is 1.30. The largest absolute Gasteiger partial charge is 0.494 e. The number of ether oxygens (including phenoxy) is 1. The van der Waals surface area contributed by atoms with Crippen LogP contribution in [0.5, 0.6) is 5.75 Å². The number of rotatable bonds is 12. The van der Waals surface area contributed by atoms with E-state index in [9.17, 15) is 24.6 Å². The van der Waals surface area contributed by atoms with Crippen LogP contribution < -0.4 is 15.1 Å². The van der Waals surface area contributed by atoms with Gasteiger partial charge in [0, 0.05) is 52.4 Å². The van der Waals surface area contributed by atoms with Crippen LogP contribution in [0.4, 0.5) is 14.5 Å². The van der Waals surface area contributed by atoms with Gasteiger partial charge >= 0.3 is 5.97 Å². The standard InChI is InChI=1S/C32H40F2N4O6/c1-5-36-18-25(32(42)43)31(41)24-16-26(33)30(28(34)29(24)36)38-14-13-37(20(2)17-38)12-6-7-15-44-23-10-8-22(9-11-23)27(40)19-35(4)21(3)39/h8-11,16,18,20,27,40H,5-7,12-15,17,19H2,1-4H3,(H,42,43)/t20?,27-/m0/s1. The average Bonchev–Trinajstić information content (AvgIpc) is 2.98. The van der Waals surface area contributed by atoms with E-state index in [1.807, 2.05) is 6.92 Å². The fourth-order valence-electron chi connectivity index (χ4n) is 5.59. The Bertz CT molecular complexity index is 1560. The first-order chi connectivity index (χ1) is 20.9. The zero-order valence-corrected chi connectivity index (χ0v) is 25.6. The minimum Gasteiger partial charge on any atom is -0.494 e. The smallest absolute Gasteiger partial charge is 0.341 e. The number of pyridine rings is 1. The fourth-order valence-corrected chi connectivity index (χ4v) is 5.59. The first-order valence-electron chi connectivity index (χ1n) is 14.8. The van der Waals surface area contributed by atoms with Crippen molar-refractivity contribution in [3.8, 4) is 5.75 Å². The van der Waals surface area contributed by atoms with E-state index in [0.717, 1.165) is 31.6 Å². The van der Waals surface area contributed by atoms with Gasteiger partial charge in [-0.05, 0) is 57.0 Å². The van der Waals surface area contributed by atoms with Crippen molar-refractivity contribution in [3.63, 3.8) is 0 Å². The number of aliphatic hydroxyl groups is 1. The molecule has 1 unspecified atom stereocenters. The van der Waals surface area contributed by atoms with Crippen molar-refractivity contribution in [2.24, 2.45) is 0 Å². The van der Waals surface area contributed by atoms with E-state index in [4.69, 9.17) is 4.74 Å². The van der Waals surface area contributed by atoms with Gasteiger partial charge < -0.3 is 29.3 Å². The second-order valence-corrected chi connectivity index (χ2v) is 11.3. The highest BCUT2D eigenvalue weighted by molar-refractivity contribution is 5.93. The van der Waals surface area contributed by atoms with Gasteiger partial charge in [-0.15, -0.1) is 0 Å². The Kier molecular flexibility index (Phi) is 10.6. The van der Waals surface area contributed by atoms with E-state index in [-0.39, 0.29) is 41.6 Å². The van der Waals surface area contributed by atoms with Gasteiger partial charge in [-0.1, -0.05) is 12.1 Å². The van der Waals surface area contributed by atoms with E-state index in [0.29, 0.717) is 37.6 Å². The first kappa shape index (κ1) is 32.9. The molecule has 3 aromatic rings. The van der Waals surface area contributed by atoms with E-state index in [1.165, 1.54) is 16.4 Å². The molecule has 4 rings (SSSR count). The molecule has 0 saturated carbocycles. The number of hydrogen-bond donors (Lipinski definition) is 2. The van der Waals surface area contributed by atoms with Crippen LogP contribution in [-0.2, 0) is 11.3 Å². The summed E-state index contributed by atoms with van der Waals surface area (Å²) >= 11 is 0. The summed E-state index contributed by atoms with van der Waals surface area (Å²) in [4.78, 5) is 40.9. The molecule has 0 aliphatic carbocycles. The molecule has 10 nitrogen and oxygen atoms in total. The number of aryl methyl sites for hydroxylation is 1. The third-order valence-electron chi connectivity index (χ3n) is 8.24. The number of anilines is 1. The first-order valence-corrected chi connectivity index (χ1v) is 14.8. The van der Waals surface area contributed by atoms with Gasteiger partial charge in [-0.2, -0.15) is 0 Å². The average molecular weight is 615 g/mol. The van der Waals surface area contributed by atoms with Crippen molar-refractivity contribution >= 4 is 28.5 Å². The minimum atomic E-state index is -1.44. The SMILES string of the molecule is CCn1cc(C(=O)O)c(=O)c2cc(F)c(N3CCN(CCCCOc4ccc([C@@H](O)CN(C)C(C)=O)cc4)C(C)C3)c(F)c21. The molecule has 1 aliphatic rings. The van der Waals surface area contributed by atoms with Crippen molar-refractivity contribution in [2.45, 2.75) is 52.3 Å². The van der Waals surface area contributed by atoms with E-state index in [2.05, 4.69) is 4.90 Å². The summed E-state index contributed by atoms with van der Waals surface area (Å²) in [6.07, 6.45) is 2.01. The van der Waals surface area contributed by atoms with Crippen molar-refractivity contribution in [1.29, 1.82) is 0 Å². The molecule has 2 aromatic carbocycles. The van der Waals surface area contributed by atoms with E-state index < -0.39 is 34.7 Å². The summed E-state index contributed by atoms with van der Waals surface area (Å²) in [6, 6.07) is 8.13. The van der Waals surface area contributed by atoms with Crippen LogP contribution in [0.2, 0.25) is 0 Å². The highest BCUT2D eigenvalue weighted by Gasteiger charge is 2.29. The van der Waals surface area contributed by atoms with Crippen molar-refractivity contribution in [3.05, 3.63) is 69.5 Å². The zero-order chi connectivity index (χ0) is 32.1. The van der Waals surface area contributed by atoms with Gasteiger partial charge in [-0.3, -0.25) is 14.5 Å².